The molecule has 1 heterocycles. The minimum absolute atomic E-state index is 0.00906. The highest BCUT2D eigenvalue weighted by molar-refractivity contribution is 7.94. The lowest BCUT2D eigenvalue weighted by molar-refractivity contribution is -0.0505. The van der Waals surface area contributed by atoms with E-state index in [0.29, 0.717) is 5.56 Å². The van der Waals surface area contributed by atoms with E-state index in [9.17, 15) is 17.2 Å². The molecule has 1 aromatic carbocycles. The van der Waals surface area contributed by atoms with Crippen molar-refractivity contribution in [2.75, 3.05) is 5.75 Å². The molecule has 7 heteroatoms. The second-order valence-corrected chi connectivity index (χ2v) is 6.06. The Hall–Kier alpha value is -1.47. The lowest BCUT2D eigenvalue weighted by Gasteiger charge is -2.13. The summed E-state index contributed by atoms with van der Waals surface area (Å²) in [5.41, 5.74) is 0.556. The molecule has 1 aliphatic heterocycles. The van der Waals surface area contributed by atoms with Gasteiger partial charge in [0.15, 0.2) is 9.84 Å². The van der Waals surface area contributed by atoms with E-state index in [1.807, 2.05) is 0 Å². The second-order valence-electron chi connectivity index (χ2n) is 4.13. The molecule has 0 aliphatic carbocycles. The Kier molecular flexibility index (Phi) is 4.16. The quantitative estimate of drug-likeness (QED) is 0.896. The largest absolute Gasteiger partial charge is 0.434 e. The third-order valence-electron chi connectivity index (χ3n) is 2.67. The first-order valence-corrected chi connectivity index (χ1v) is 7.35. The van der Waals surface area contributed by atoms with Gasteiger partial charge in [-0.15, -0.1) is 0 Å². The molecule has 0 saturated heterocycles. The lowest BCUT2D eigenvalue weighted by Crippen LogP contribution is -2.29. The van der Waals surface area contributed by atoms with Gasteiger partial charge in [0.05, 0.1) is 5.75 Å². The fourth-order valence-corrected chi connectivity index (χ4v) is 3.07. The van der Waals surface area contributed by atoms with Crippen molar-refractivity contribution in [2.45, 2.75) is 19.2 Å². The number of para-hydroxylation sites is 1. The van der Waals surface area contributed by atoms with Gasteiger partial charge in [-0.05, 0) is 6.07 Å². The van der Waals surface area contributed by atoms with Crippen LogP contribution in [0, 0.1) is 0 Å². The van der Waals surface area contributed by atoms with Crippen molar-refractivity contribution < 1.29 is 21.9 Å². The summed E-state index contributed by atoms with van der Waals surface area (Å²) in [5.74, 6) is 0.0834. The van der Waals surface area contributed by atoms with Crippen LogP contribution in [0.5, 0.6) is 5.75 Å². The Morgan fingerprint density at radius 1 is 1.37 bits per heavy atom. The average Bonchev–Trinajstić information content (AvgIpc) is 2.67. The average molecular weight is 289 g/mol. The molecule has 4 nitrogen and oxygen atoms in total. The molecule has 1 aliphatic rings. The number of halogens is 2. The number of benzene rings is 1. The summed E-state index contributed by atoms with van der Waals surface area (Å²) in [6.07, 6.45) is 1.55. The molecule has 1 atom stereocenters. The van der Waals surface area contributed by atoms with E-state index in [1.165, 1.54) is 6.07 Å². The highest BCUT2D eigenvalue weighted by atomic mass is 32.2. The zero-order valence-electron chi connectivity index (χ0n) is 9.92. The van der Waals surface area contributed by atoms with Gasteiger partial charge in [0.2, 0.25) is 0 Å². The second kappa shape index (κ2) is 5.66. The summed E-state index contributed by atoms with van der Waals surface area (Å²) in [4.78, 5) is 0. The smallest absolute Gasteiger partial charge is 0.387 e. The van der Waals surface area contributed by atoms with E-state index in [1.54, 1.807) is 24.3 Å². The highest BCUT2D eigenvalue weighted by Crippen LogP contribution is 2.20. The van der Waals surface area contributed by atoms with Crippen LogP contribution in [0.2, 0.25) is 0 Å². The molecule has 0 aromatic heterocycles. The van der Waals surface area contributed by atoms with Crippen molar-refractivity contribution in [2.24, 2.45) is 0 Å². The molecule has 0 spiro atoms. The Bertz CT molecular complexity index is 572. The van der Waals surface area contributed by atoms with Crippen LogP contribution in [0.1, 0.15) is 5.56 Å². The Labute approximate surface area is 110 Å². The van der Waals surface area contributed by atoms with Gasteiger partial charge in [-0.3, -0.25) is 0 Å². The van der Waals surface area contributed by atoms with Crippen LogP contribution in [0.4, 0.5) is 8.78 Å². The van der Waals surface area contributed by atoms with Gasteiger partial charge >= 0.3 is 6.61 Å². The summed E-state index contributed by atoms with van der Waals surface area (Å²) in [6, 6.07) is 6.10. The van der Waals surface area contributed by atoms with Crippen molar-refractivity contribution >= 4 is 9.84 Å². The van der Waals surface area contributed by atoms with Gasteiger partial charge in [-0.25, -0.2) is 8.42 Å². The number of sulfone groups is 1. The van der Waals surface area contributed by atoms with Gasteiger partial charge in [-0.1, -0.05) is 24.3 Å². The molecule has 0 radical (unpaired) electrons. The van der Waals surface area contributed by atoms with Crippen LogP contribution in [-0.2, 0) is 16.4 Å². The van der Waals surface area contributed by atoms with E-state index < -0.39 is 16.4 Å². The van der Waals surface area contributed by atoms with Crippen LogP contribution < -0.4 is 10.1 Å². The summed E-state index contributed by atoms with van der Waals surface area (Å²) in [5, 5.41) is 4.14. The minimum atomic E-state index is -3.12. The molecular formula is C12H13F2NO3S. The minimum Gasteiger partial charge on any atom is -0.434 e. The summed E-state index contributed by atoms with van der Waals surface area (Å²) in [6.45, 7) is -2.62. The maximum atomic E-state index is 12.2. The summed E-state index contributed by atoms with van der Waals surface area (Å²) >= 11 is 0. The molecule has 0 bridgehead atoms. The maximum Gasteiger partial charge on any atom is 0.387 e. The van der Waals surface area contributed by atoms with E-state index >= 15 is 0 Å². The van der Waals surface area contributed by atoms with Crippen molar-refractivity contribution in [3.8, 4) is 5.75 Å². The predicted octanol–water partition coefficient (Wildman–Crippen LogP) is 1.69. The van der Waals surface area contributed by atoms with Crippen molar-refractivity contribution in [1.29, 1.82) is 0 Å². The molecule has 104 valence electrons. The zero-order valence-corrected chi connectivity index (χ0v) is 10.7. The fourth-order valence-electron chi connectivity index (χ4n) is 1.80. The maximum absolute atomic E-state index is 12.2. The van der Waals surface area contributed by atoms with E-state index in [4.69, 9.17) is 0 Å². The van der Waals surface area contributed by atoms with Gasteiger partial charge in [0.25, 0.3) is 0 Å². The van der Waals surface area contributed by atoms with Gasteiger partial charge in [0, 0.05) is 23.6 Å². The number of nitrogens with one attached hydrogen (secondary N) is 1. The van der Waals surface area contributed by atoms with E-state index in [2.05, 4.69) is 10.1 Å². The molecule has 0 amide bonds. The van der Waals surface area contributed by atoms with Crippen LogP contribution in [0.25, 0.3) is 0 Å². The monoisotopic (exact) mass is 289 g/mol. The molecule has 19 heavy (non-hydrogen) atoms. The van der Waals surface area contributed by atoms with Crippen LogP contribution >= 0.6 is 0 Å². The van der Waals surface area contributed by atoms with Crippen LogP contribution in [-0.4, -0.2) is 26.8 Å². The molecule has 2 rings (SSSR count). The Morgan fingerprint density at radius 2 is 2.11 bits per heavy atom. The van der Waals surface area contributed by atoms with Crippen molar-refractivity contribution in [3.63, 3.8) is 0 Å². The standard InChI is InChI=1S/C12H13F2NO3S/c13-12(14)18-11-4-2-1-3-9(11)7-15-10-5-6-19(16,17)8-10/h1-6,10,12,15H,7-8H2. The lowest BCUT2D eigenvalue weighted by atomic mass is 10.2. The fraction of sp³-hybridized carbons (Fsp3) is 0.333. The predicted molar refractivity (Wildman–Crippen MR) is 66.6 cm³/mol. The molecule has 0 fully saturated rings. The van der Waals surface area contributed by atoms with E-state index in [0.717, 1.165) is 5.41 Å². The van der Waals surface area contributed by atoms with Gasteiger partial charge < -0.3 is 10.1 Å². The molecule has 1 N–H and O–H groups in total. The number of hydrogen-bond donors (Lipinski definition) is 1. The zero-order chi connectivity index (χ0) is 13.9. The first-order valence-electron chi connectivity index (χ1n) is 5.63. The molecule has 1 unspecified atom stereocenters. The third-order valence-corrected chi connectivity index (χ3v) is 4.07. The van der Waals surface area contributed by atoms with Crippen molar-refractivity contribution in [1.82, 2.24) is 5.32 Å². The Morgan fingerprint density at radius 3 is 2.74 bits per heavy atom. The summed E-state index contributed by atoms with van der Waals surface area (Å²) in [7, 11) is -3.12. The third kappa shape index (κ3) is 4.00. The highest BCUT2D eigenvalue weighted by Gasteiger charge is 2.21. The normalized spacial score (nSPS) is 20.9. The van der Waals surface area contributed by atoms with Crippen LogP contribution in [0.15, 0.2) is 35.7 Å². The molecular weight excluding hydrogens is 276 g/mol. The Balaban J connectivity index is 1.98. The number of alkyl halides is 2. The number of hydrogen-bond acceptors (Lipinski definition) is 4. The SMILES string of the molecule is O=S1(=O)C=CC(NCc2ccccc2OC(F)F)C1. The summed E-state index contributed by atoms with van der Waals surface area (Å²) < 4.78 is 51.2. The van der Waals surface area contributed by atoms with Gasteiger partial charge in [-0.2, -0.15) is 8.78 Å². The number of rotatable bonds is 5. The number of ether oxygens (including phenoxy) is 1. The topological polar surface area (TPSA) is 55.4 Å². The first kappa shape index (κ1) is 14.0. The molecule has 1 aromatic rings. The molecule has 0 saturated carbocycles. The van der Waals surface area contributed by atoms with Crippen LogP contribution in [0.3, 0.4) is 0 Å². The van der Waals surface area contributed by atoms with Crippen molar-refractivity contribution in [3.05, 3.63) is 41.3 Å². The first-order chi connectivity index (χ1) is 8.96. The van der Waals surface area contributed by atoms with Gasteiger partial charge in [0.1, 0.15) is 5.75 Å². The van der Waals surface area contributed by atoms with E-state index in [-0.39, 0.29) is 24.1 Å².